The molecule has 5 nitrogen and oxygen atoms in total. The molecule has 2 aliphatic rings. The van der Waals surface area contributed by atoms with Crippen LogP contribution in [0.25, 0.3) is 0 Å². The third-order valence-corrected chi connectivity index (χ3v) is 6.46. The van der Waals surface area contributed by atoms with Gasteiger partial charge < -0.3 is 20.2 Å². The Morgan fingerprint density at radius 1 is 1.00 bits per heavy atom. The topological polar surface area (TPSA) is 81.0 Å². The van der Waals surface area contributed by atoms with Crippen LogP contribution in [0.2, 0.25) is 0 Å². The third kappa shape index (κ3) is 3.11. The molecule has 0 bridgehead atoms. The van der Waals surface area contributed by atoms with E-state index in [2.05, 4.69) is 0 Å². The Bertz CT molecular complexity index is 787. The predicted octanol–water partition coefficient (Wildman–Crippen LogP) is 1.78. The van der Waals surface area contributed by atoms with Crippen LogP contribution in [-0.4, -0.2) is 52.4 Å². The van der Waals surface area contributed by atoms with Crippen molar-refractivity contribution in [1.82, 2.24) is 4.90 Å². The van der Waals surface area contributed by atoms with E-state index >= 15 is 0 Å². The third-order valence-electron chi connectivity index (χ3n) is 6.46. The van der Waals surface area contributed by atoms with Gasteiger partial charge in [0.2, 0.25) is 5.91 Å². The molecule has 3 unspecified atom stereocenters. The average Bonchev–Trinajstić information content (AvgIpc) is 3.06. The summed E-state index contributed by atoms with van der Waals surface area (Å²) in [7, 11) is 0. The lowest BCUT2D eigenvalue weighted by atomic mass is 9.90. The summed E-state index contributed by atoms with van der Waals surface area (Å²) < 4.78 is 0. The van der Waals surface area contributed by atoms with Crippen molar-refractivity contribution in [3.8, 4) is 5.75 Å². The number of phenols is 1. The highest BCUT2D eigenvalue weighted by molar-refractivity contribution is 5.84. The molecule has 2 aromatic carbocycles. The summed E-state index contributed by atoms with van der Waals surface area (Å²) in [6.07, 6.45) is 0.570. The van der Waals surface area contributed by atoms with Gasteiger partial charge in [0.15, 0.2) is 0 Å². The van der Waals surface area contributed by atoms with E-state index in [4.69, 9.17) is 0 Å². The largest absolute Gasteiger partial charge is 0.508 e. The number of hydrogen-bond donors (Lipinski definition) is 3. The number of aromatic hydroxyl groups is 1. The molecule has 2 aromatic rings. The summed E-state index contributed by atoms with van der Waals surface area (Å²) in [5.74, 6) is 0.408. The van der Waals surface area contributed by atoms with Crippen LogP contribution >= 0.6 is 0 Å². The van der Waals surface area contributed by atoms with E-state index < -0.39 is 5.41 Å². The molecule has 1 heterocycles. The normalized spacial score (nSPS) is 23.7. The van der Waals surface area contributed by atoms with Crippen molar-refractivity contribution in [2.75, 3.05) is 26.3 Å². The minimum absolute atomic E-state index is 0.0174. The maximum atomic E-state index is 13.3. The second-order valence-corrected chi connectivity index (χ2v) is 7.84. The van der Waals surface area contributed by atoms with Gasteiger partial charge in [-0.2, -0.15) is 0 Å². The van der Waals surface area contributed by atoms with E-state index in [9.17, 15) is 20.1 Å². The van der Waals surface area contributed by atoms with Crippen molar-refractivity contribution in [2.24, 2.45) is 17.3 Å². The standard InChI is InChI=1S/C22H25NO4/c24-13-22(14-25)19-11-23(12-20(19)22)21(27)18(16-4-2-1-3-5-16)10-15-6-8-17(26)9-7-15/h1-9,18-20,24-26H,10-14H2. The number of hydrogen-bond acceptors (Lipinski definition) is 4. The smallest absolute Gasteiger partial charge is 0.230 e. The molecule has 3 atom stereocenters. The van der Waals surface area contributed by atoms with Gasteiger partial charge in [-0.25, -0.2) is 0 Å². The molecule has 0 spiro atoms. The molecule has 3 N–H and O–H groups in total. The zero-order chi connectivity index (χ0) is 19.0. The van der Waals surface area contributed by atoms with Crippen molar-refractivity contribution >= 4 is 5.91 Å². The highest BCUT2D eigenvalue weighted by Gasteiger charge is 2.68. The fourth-order valence-electron chi connectivity index (χ4n) is 4.66. The maximum absolute atomic E-state index is 13.3. The summed E-state index contributed by atoms with van der Waals surface area (Å²) in [4.78, 5) is 15.2. The number of fused-ring (bicyclic) bond motifs is 1. The highest BCUT2D eigenvalue weighted by atomic mass is 16.3. The molecule has 2 fully saturated rings. The van der Waals surface area contributed by atoms with Crippen LogP contribution in [0, 0.1) is 17.3 Å². The quantitative estimate of drug-likeness (QED) is 0.727. The number of aliphatic hydroxyl groups is 2. The van der Waals surface area contributed by atoms with Gasteiger partial charge in [-0.15, -0.1) is 0 Å². The molecule has 1 amide bonds. The van der Waals surface area contributed by atoms with Crippen LogP contribution in [0.3, 0.4) is 0 Å². The summed E-state index contributed by atoms with van der Waals surface area (Å²) in [6, 6.07) is 16.8. The second kappa shape index (κ2) is 6.98. The van der Waals surface area contributed by atoms with Gasteiger partial charge >= 0.3 is 0 Å². The SMILES string of the molecule is O=C(C(Cc1ccc(O)cc1)c1ccccc1)N1CC2C(C1)C2(CO)CO. The van der Waals surface area contributed by atoms with Gasteiger partial charge in [0.05, 0.1) is 19.1 Å². The number of rotatable bonds is 6. The molecule has 4 rings (SSSR count). The fraction of sp³-hybridized carbons (Fsp3) is 0.409. The lowest BCUT2D eigenvalue weighted by Gasteiger charge is -2.28. The number of benzene rings is 2. The minimum atomic E-state index is -0.393. The summed E-state index contributed by atoms with van der Waals surface area (Å²) in [5.41, 5.74) is 1.59. The van der Waals surface area contributed by atoms with Gasteiger partial charge in [0.25, 0.3) is 0 Å². The summed E-state index contributed by atoms with van der Waals surface area (Å²) >= 11 is 0. The lowest BCUT2D eigenvalue weighted by Crippen LogP contribution is -2.39. The number of nitrogens with zero attached hydrogens (tertiary/aromatic N) is 1. The Morgan fingerprint density at radius 2 is 1.59 bits per heavy atom. The Balaban J connectivity index is 1.53. The van der Waals surface area contributed by atoms with Gasteiger partial charge in [-0.1, -0.05) is 42.5 Å². The molecular weight excluding hydrogens is 342 g/mol. The number of carbonyl (C=O) groups is 1. The van der Waals surface area contributed by atoms with Crippen LogP contribution in [-0.2, 0) is 11.2 Å². The Morgan fingerprint density at radius 3 is 2.15 bits per heavy atom. The molecule has 1 saturated carbocycles. The zero-order valence-electron chi connectivity index (χ0n) is 15.2. The average molecular weight is 367 g/mol. The van der Waals surface area contributed by atoms with Crippen LogP contribution in [0.15, 0.2) is 54.6 Å². The monoisotopic (exact) mass is 367 g/mol. The van der Waals surface area contributed by atoms with Gasteiger partial charge in [0.1, 0.15) is 5.75 Å². The van der Waals surface area contributed by atoms with Gasteiger partial charge in [-0.05, 0) is 41.5 Å². The van der Waals surface area contributed by atoms with E-state index in [0.29, 0.717) is 19.5 Å². The van der Waals surface area contributed by atoms with Gasteiger partial charge in [-0.3, -0.25) is 4.79 Å². The molecule has 142 valence electrons. The predicted molar refractivity (Wildman–Crippen MR) is 101 cm³/mol. The van der Waals surface area contributed by atoms with Crippen molar-refractivity contribution in [2.45, 2.75) is 12.3 Å². The summed E-state index contributed by atoms with van der Waals surface area (Å²) in [5, 5.41) is 28.7. The number of phenolic OH excluding ortho intramolecular Hbond substituents is 1. The summed E-state index contributed by atoms with van der Waals surface area (Å²) in [6.45, 7) is 1.17. The fourth-order valence-corrected chi connectivity index (χ4v) is 4.66. The van der Waals surface area contributed by atoms with E-state index in [1.54, 1.807) is 12.1 Å². The zero-order valence-corrected chi connectivity index (χ0v) is 15.2. The first kappa shape index (κ1) is 18.0. The molecule has 1 aliphatic heterocycles. The van der Waals surface area contributed by atoms with E-state index in [-0.39, 0.29) is 42.6 Å². The maximum Gasteiger partial charge on any atom is 0.230 e. The van der Waals surface area contributed by atoms with Crippen LogP contribution in [0.5, 0.6) is 5.75 Å². The number of aliphatic hydroxyl groups excluding tert-OH is 2. The molecule has 5 heteroatoms. The Labute approximate surface area is 158 Å². The van der Waals surface area contributed by atoms with E-state index in [1.165, 1.54) is 0 Å². The number of carbonyl (C=O) groups excluding carboxylic acids is 1. The van der Waals surface area contributed by atoms with Crippen molar-refractivity contribution in [3.63, 3.8) is 0 Å². The van der Waals surface area contributed by atoms with Crippen molar-refractivity contribution in [3.05, 3.63) is 65.7 Å². The van der Waals surface area contributed by atoms with Crippen molar-refractivity contribution in [1.29, 1.82) is 0 Å². The lowest BCUT2D eigenvalue weighted by molar-refractivity contribution is -0.133. The molecule has 0 aromatic heterocycles. The first-order valence-corrected chi connectivity index (χ1v) is 9.42. The number of likely N-dealkylation sites (tertiary alicyclic amines) is 1. The van der Waals surface area contributed by atoms with Gasteiger partial charge in [0, 0.05) is 18.5 Å². The Hall–Kier alpha value is -2.37. The number of piperidine rings is 1. The van der Waals surface area contributed by atoms with Crippen LogP contribution < -0.4 is 0 Å². The molecular formula is C22H25NO4. The molecule has 27 heavy (non-hydrogen) atoms. The van der Waals surface area contributed by atoms with Crippen LogP contribution in [0.4, 0.5) is 0 Å². The minimum Gasteiger partial charge on any atom is -0.508 e. The Kier molecular flexibility index (Phi) is 4.66. The molecule has 1 saturated heterocycles. The van der Waals surface area contributed by atoms with E-state index in [0.717, 1.165) is 11.1 Å². The first-order valence-electron chi connectivity index (χ1n) is 9.42. The second-order valence-electron chi connectivity index (χ2n) is 7.84. The molecule has 1 aliphatic carbocycles. The molecule has 0 radical (unpaired) electrons. The first-order chi connectivity index (χ1) is 13.1. The van der Waals surface area contributed by atoms with Crippen molar-refractivity contribution < 1.29 is 20.1 Å². The van der Waals surface area contributed by atoms with E-state index in [1.807, 2.05) is 47.4 Å². The highest BCUT2D eigenvalue weighted by Crippen LogP contribution is 2.62. The number of amides is 1. The van der Waals surface area contributed by atoms with Crippen LogP contribution in [0.1, 0.15) is 17.0 Å².